The number of nitrogens with zero attached hydrogens (tertiary/aromatic N) is 1. The third-order valence-electron chi connectivity index (χ3n) is 3.96. The molecule has 1 aliphatic rings. The highest BCUT2D eigenvalue weighted by molar-refractivity contribution is 8.00. The molecule has 0 spiro atoms. The van der Waals surface area contributed by atoms with Crippen LogP contribution in [0.2, 0.25) is 0 Å². The second-order valence-corrected chi connectivity index (χ2v) is 8.84. The molecule has 1 aromatic rings. The predicted molar refractivity (Wildman–Crippen MR) is 86.1 cm³/mol. The Kier molecular flexibility index (Phi) is 5.15. The van der Waals surface area contributed by atoms with Crippen molar-refractivity contribution in [3.8, 4) is 0 Å². The molecule has 0 aliphatic carbocycles. The van der Waals surface area contributed by atoms with Crippen molar-refractivity contribution in [2.75, 3.05) is 25.1 Å². The molecule has 0 saturated carbocycles. The Balaban J connectivity index is 2.11. The number of thioether (sulfide) groups is 1. The fourth-order valence-corrected chi connectivity index (χ4v) is 4.38. The molecular formula is C15H23NO2S2. The Labute approximate surface area is 126 Å². The zero-order valence-corrected chi connectivity index (χ0v) is 14.0. The molecule has 2 rings (SSSR count). The van der Waals surface area contributed by atoms with Crippen LogP contribution in [0.1, 0.15) is 31.9 Å². The average Bonchev–Trinajstić information content (AvgIpc) is 2.46. The van der Waals surface area contributed by atoms with E-state index in [4.69, 9.17) is 0 Å². The van der Waals surface area contributed by atoms with Crippen LogP contribution in [-0.4, -0.2) is 43.7 Å². The lowest BCUT2D eigenvalue weighted by molar-refractivity contribution is 0.217. The van der Waals surface area contributed by atoms with Gasteiger partial charge < -0.3 is 0 Å². The molecule has 0 unspecified atom stereocenters. The molecule has 1 saturated heterocycles. The van der Waals surface area contributed by atoms with E-state index in [9.17, 15) is 8.42 Å². The summed E-state index contributed by atoms with van der Waals surface area (Å²) in [6.45, 7) is 6.68. The van der Waals surface area contributed by atoms with Crippen LogP contribution < -0.4 is 0 Å². The van der Waals surface area contributed by atoms with E-state index in [1.54, 1.807) is 12.1 Å². The molecular weight excluding hydrogens is 290 g/mol. The minimum absolute atomic E-state index is 0.346. The molecule has 20 heavy (non-hydrogen) atoms. The first-order valence-electron chi connectivity index (χ1n) is 7.07. The molecule has 112 valence electrons. The van der Waals surface area contributed by atoms with Gasteiger partial charge in [-0.2, -0.15) is 11.8 Å². The summed E-state index contributed by atoms with van der Waals surface area (Å²) in [5.74, 6) is 1.18. The van der Waals surface area contributed by atoms with Gasteiger partial charge in [0.25, 0.3) is 0 Å². The van der Waals surface area contributed by atoms with Gasteiger partial charge in [0, 0.05) is 36.4 Å². The van der Waals surface area contributed by atoms with Crippen LogP contribution in [0.3, 0.4) is 0 Å². The summed E-state index contributed by atoms with van der Waals surface area (Å²) in [4.78, 5) is 2.90. The molecule has 0 aromatic heterocycles. The van der Waals surface area contributed by atoms with Crippen LogP contribution in [0.15, 0.2) is 29.2 Å². The smallest absolute Gasteiger partial charge is 0.175 e. The van der Waals surface area contributed by atoms with Crippen molar-refractivity contribution >= 4 is 21.6 Å². The summed E-state index contributed by atoms with van der Waals surface area (Å²) in [6.07, 6.45) is 2.46. The average molecular weight is 313 g/mol. The second kappa shape index (κ2) is 6.50. The van der Waals surface area contributed by atoms with E-state index in [1.807, 2.05) is 12.1 Å². The first kappa shape index (κ1) is 15.9. The number of hydrogen-bond acceptors (Lipinski definition) is 4. The van der Waals surface area contributed by atoms with Crippen molar-refractivity contribution in [1.29, 1.82) is 0 Å². The Hall–Kier alpha value is -0.520. The van der Waals surface area contributed by atoms with Gasteiger partial charge in [0.15, 0.2) is 9.84 Å². The SMILES string of the molecule is CC[C@H]1CN([C@@H](C)c2ccc(S(C)(=O)=O)cc2)CCS1. The van der Waals surface area contributed by atoms with Crippen LogP contribution in [0.5, 0.6) is 0 Å². The molecule has 1 aromatic carbocycles. The largest absolute Gasteiger partial charge is 0.295 e. The van der Waals surface area contributed by atoms with Gasteiger partial charge in [-0.1, -0.05) is 19.1 Å². The minimum atomic E-state index is -3.10. The highest BCUT2D eigenvalue weighted by Gasteiger charge is 2.23. The third kappa shape index (κ3) is 3.77. The molecule has 3 nitrogen and oxygen atoms in total. The minimum Gasteiger partial charge on any atom is -0.295 e. The quantitative estimate of drug-likeness (QED) is 0.856. The van der Waals surface area contributed by atoms with Crippen molar-refractivity contribution in [1.82, 2.24) is 4.90 Å². The summed E-state index contributed by atoms with van der Waals surface area (Å²) in [7, 11) is -3.10. The molecule has 0 radical (unpaired) electrons. The maximum Gasteiger partial charge on any atom is 0.175 e. The summed E-state index contributed by atoms with van der Waals surface area (Å²) in [5.41, 5.74) is 1.19. The number of benzene rings is 1. The van der Waals surface area contributed by atoms with Crippen molar-refractivity contribution in [3.63, 3.8) is 0 Å². The highest BCUT2D eigenvalue weighted by Crippen LogP contribution is 2.28. The van der Waals surface area contributed by atoms with Gasteiger partial charge in [-0.25, -0.2) is 8.42 Å². The standard InChI is InChI=1S/C15H23NO2S2/c1-4-14-11-16(9-10-19-14)12(2)13-5-7-15(8-6-13)20(3,17)18/h5-8,12,14H,4,9-11H2,1-3H3/t12-,14-/m0/s1. The predicted octanol–water partition coefficient (Wildman–Crippen LogP) is 2.98. The maximum absolute atomic E-state index is 11.5. The van der Waals surface area contributed by atoms with E-state index in [0.29, 0.717) is 10.9 Å². The topological polar surface area (TPSA) is 37.4 Å². The van der Waals surface area contributed by atoms with Crippen molar-refractivity contribution < 1.29 is 8.42 Å². The van der Waals surface area contributed by atoms with E-state index in [0.717, 1.165) is 18.3 Å². The molecule has 1 heterocycles. The van der Waals surface area contributed by atoms with E-state index in [-0.39, 0.29) is 0 Å². The molecule has 0 amide bonds. The third-order valence-corrected chi connectivity index (χ3v) is 6.46. The van der Waals surface area contributed by atoms with Crippen LogP contribution in [0, 0.1) is 0 Å². The molecule has 1 aliphatic heterocycles. The van der Waals surface area contributed by atoms with Crippen LogP contribution >= 0.6 is 11.8 Å². The van der Waals surface area contributed by atoms with Crippen molar-refractivity contribution in [2.45, 2.75) is 36.5 Å². The number of hydrogen-bond donors (Lipinski definition) is 0. The van der Waals surface area contributed by atoms with Crippen molar-refractivity contribution in [2.24, 2.45) is 0 Å². The summed E-state index contributed by atoms with van der Waals surface area (Å²) in [5, 5.41) is 0.724. The molecule has 5 heteroatoms. The molecule has 2 atom stereocenters. The van der Waals surface area contributed by atoms with Gasteiger partial charge in [-0.3, -0.25) is 4.90 Å². The zero-order chi connectivity index (χ0) is 14.8. The number of rotatable bonds is 4. The van der Waals surface area contributed by atoms with Crippen molar-refractivity contribution in [3.05, 3.63) is 29.8 Å². The van der Waals surface area contributed by atoms with Crippen LogP contribution in [0.25, 0.3) is 0 Å². The van der Waals surface area contributed by atoms with E-state index >= 15 is 0 Å². The monoisotopic (exact) mass is 313 g/mol. The van der Waals surface area contributed by atoms with Gasteiger partial charge in [-0.15, -0.1) is 0 Å². The van der Waals surface area contributed by atoms with E-state index in [1.165, 1.54) is 24.0 Å². The number of sulfone groups is 1. The zero-order valence-electron chi connectivity index (χ0n) is 12.4. The van der Waals surface area contributed by atoms with Gasteiger partial charge in [-0.05, 0) is 31.0 Å². The Morgan fingerprint density at radius 2 is 2.00 bits per heavy atom. The lowest BCUT2D eigenvalue weighted by Gasteiger charge is -2.36. The fourth-order valence-electron chi connectivity index (χ4n) is 2.55. The van der Waals surface area contributed by atoms with E-state index in [2.05, 4.69) is 30.5 Å². The van der Waals surface area contributed by atoms with E-state index < -0.39 is 9.84 Å². The van der Waals surface area contributed by atoms with Gasteiger partial charge >= 0.3 is 0 Å². The van der Waals surface area contributed by atoms with Gasteiger partial charge in [0.05, 0.1) is 4.90 Å². The Morgan fingerprint density at radius 3 is 2.55 bits per heavy atom. The van der Waals surface area contributed by atoms with Crippen LogP contribution in [0.4, 0.5) is 0 Å². The molecule has 1 fully saturated rings. The Bertz CT molecular complexity index is 539. The second-order valence-electron chi connectivity index (χ2n) is 5.41. The lowest BCUT2D eigenvalue weighted by atomic mass is 10.1. The fraction of sp³-hybridized carbons (Fsp3) is 0.600. The highest BCUT2D eigenvalue weighted by atomic mass is 32.2. The van der Waals surface area contributed by atoms with Crippen LogP contribution in [-0.2, 0) is 9.84 Å². The molecule has 0 N–H and O–H groups in total. The Morgan fingerprint density at radius 1 is 1.35 bits per heavy atom. The normalized spacial score (nSPS) is 22.6. The first-order valence-corrected chi connectivity index (χ1v) is 10.0. The van der Waals surface area contributed by atoms with Gasteiger partial charge in [0.2, 0.25) is 0 Å². The summed E-state index contributed by atoms with van der Waals surface area (Å²) in [6, 6.07) is 7.68. The first-order chi connectivity index (χ1) is 9.41. The maximum atomic E-state index is 11.5. The van der Waals surface area contributed by atoms with Gasteiger partial charge in [0.1, 0.15) is 0 Å². The molecule has 0 bridgehead atoms. The lowest BCUT2D eigenvalue weighted by Crippen LogP contribution is -2.39. The summed E-state index contributed by atoms with van der Waals surface area (Å²) >= 11 is 2.06. The summed E-state index contributed by atoms with van der Waals surface area (Å²) < 4.78 is 23.0.